The summed E-state index contributed by atoms with van der Waals surface area (Å²) >= 11 is 0. The van der Waals surface area contributed by atoms with Crippen molar-refractivity contribution in [2.24, 2.45) is 5.92 Å². The molecule has 1 saturated carbocycles. The number of hydrogen-bond donors (Lipinski definition) is 0. The van der Waals surface area contributed by atoms with Crippen LogP contribution < -0.4 is 0 Å². The zero-order valence-electron chi connectivity index (χ0n) is 11.6. The second-order valence-electron chi connectivity index (χ2n) is 5.83. The largest absolute Gasteiger partial charge is 0.376 e. The molecule has 1 aromatic carbocycles. The average molecular weight is 277 g/mol. The Labute approximate surface area is 118 Å². The van der Waals surface area contributed by atoms with E-state index in [0.29, 0.717) is 6.54 Å². The van der Waals surface area contributed by atoms with Crippen LogP contribution in [0.15, 0.2) is 24.3 Å². The SMILES string of the molecule is O=C(Cc1cccc(F)c1)N1CCC(OCC2CC2)C1. The topological polar surface area (TPSA) is 29.5 Å². The van der Waals surface area contributed by atoms with Crippen LogP contribution in [-0.2, 0) is 16.0 Å². The molecule has 1 aliphatic carbocycles. The van der Waals surface area contributed by atoms with Crippen molar-refractivity contribution in [3.8, 4) is 0 Å². The van der Waals surface area contributed by atoms with Crippen LogP contribution in [-0.4, -0.2) is 36.6 Å². The van der Waals surface area contributed by atoms with E-state index < -0.39 is 0 Å². The predicted octanol–water partition coefficient (Wildman–Crippen LogP) is 2.40. The Bertz CT molecular complexity index is 487. The molecular formula is C16H20FNO2. The highest BCUT2D eigenvalue weighted by atomic mass is 19.1. The molecule has 20 heavy (non-hydrogen) atoms. The summed E-state index contributed by atoms with van der Waals surface area (Å²) in [5.74, 6) is 0.530. The molecule has 1 aromatic rings. The number of nitrogens with zero attached hydrogens (tertiary/aromatic N) is 1. The molecule has 108 valence electrons. The zero-order valence-corrected chi connectivity index (χ0v) is 11.6. The van der Waals surface area contributed by atoms with Crippen molar-refractivity contribution in [2.75, 3.05) is 19.7 Å². The third kappa shape index (κ3) is 3.57. The first-order valence-electron chi connectivity index (χ1n) is 7.34. The number of amides is 1. The quantitative estimate of drug-likeness (QED) is 0.827. The van der Waals surface area contributed by atoms with Crippen molar-refractivity contribution < 1.29 is 13.9 Å². The van der Waals surface area contributed by atoms with E-state index in [1.807, 2.05) is 4.90 Å². The molecule has 2 aliphatic rings. The lowest BCUT2D eigenvalue weighted by molar-refractivity contribution is -0.130. The molecule has 0 spiro atoms. The molecular weight excluding hydrogens is 257 g/mol. The van der Waals surface area contributed by atoms with Gasteiger partial charge < -0.3 is 9.64 Å². The maximum absolute atomic E-state index is 13.1. The van der Waals surface area contributed by atoms with Gasteiger partial charge in [-0.25, -0.2) is 4.39 Å². The summed E-state index contributed by atoms with van der Waals surface area (Å²) in [5.41, 5.74) is 0.734. The Morgan fingerprint density at radius 2 is 2.20 bits per heavy atom. The van der Waals surface area contributed by atoms with Gasteiger partial charge in [0.05, 0.1) is 12.5 Å². The minimum Gasteiger partial charge on any atom is -0.376 e. The highest BCUT2D eigenvalue weighted by Gasteiger charge is 2.29. The smallest absolute Gasteiger partial charge is 0.227 e. The van der Waals surface area contributed by atoms with E-state index >= 15 is 0 Å². The van der Waals surface area contributed by atoms with E-state index in [4.69, 9.17) is 4.74 Å². The number of ether oxygens (including phenoxy) is 1. The van der Waals surface area contributed by atoms with Crippen LogP contribution in [0, 0.1) is 11.7 Å². The monoisotopic (exact) mass is 277 g/mol. The molecule has 3 rings (SSSR count). The molecule has 1 amide bonds. The molecule has 2 fully saturated rings. The summed E-state index contributed by atoms with van der Waals surface area (Å²) in [7, 11) is 0. The summed E-state index contributed by atoms with van der Waals surface area (Å²) in [6, 6.07) is 6.25. The summed E-state index contributed by atoms with van der Waals surface area (Å²) in [5, 5.41) is 0. The van der Waals surface area contributed by atoms with Gasteiger partial charge in [-0.05, 0) is 42.9 Å². The molecule has 0 aromatic heterocycles. The highest BCUT2D eigenvalue weighted by Crippen LogP contribution is 2.30. The molecule has 0 radical (unpaired) electrons. The van der Waals surface area contributed by atoms with Crippen LogP contribution in [0.1, 0.15) is 24.8 Å². The second kappa shape index (κ2) is 5.92. The Kier molecular flexibility index (Phi) is 4.01. The first kappa shape index (κ1) is 13.6. The lowest BCUT2D eigenvalue weighted by atomic mass is 10.1. The number of hydrogen-bond acceptors (Lipinski definition) is 2. The number of likely N-dealkylation sites (tertiary alicyclic amines) is 1. The molecule has 1 atom stereocenters. The number of benzene rings is 1. The lowest BCUT2D eigenvalue weighted by Gasteiger charge is -2.17. The summed E-state index contributed by atoms with van der Waals surface area (Å²) in [4.78, 5) is 14.0. The van der Waals surface area contributed by atoms with Crippen LogP contribution in [0.3, 0.4) is 0 Å². The normalized spacial score (nSPS) is 22.2. The van der Waals surface area contributed by atoms with Gasteiger partial charge in [-0.2, -0.15) is 0 Å². The molecule has 0 N–H and O–H groups in total. The fourth-order valence-electron chi connectivity index (χ4n) is 2.58. The van der Waals surface area contributed by atoms with E-state index in [2.05, 4.69) is 0 Å². The van der Waals surface area contributed by atoms with Crippen molar-refractivity contribution in [1.29, 1.82) is 0 Å². The number of rotatable bonds is 5. The van der Waals surface area contributed by atoms with Crippen LogP contribution in [0.2, 0.25) is 0 Å². The van der Waals surface area contributed by atoms with E-state index in [1.165, 1.54) is 25.0 Å². The number of carbonyl (C=O) groups excluding carboxylic acids is 1. The summed E-state index contributed by atoms with van der Waals surface area (Å²) in [6.45, 7) is 2.28. The molecule has 3 nitrogen and oxygen atoms in total. The highest BCUT2D eigenvalue weighted by molar-refractivity contribution is 5.79. The number of halogens is 1. The predicted molar refractivity (Wildman–Crippen MR) is 73.8 cm³/mol. The lowest BCUT2D eigenvalue weighted by Crippen LogP contribution is -2.31. The van der Waals surface area contributed by atoms with Crippen molar-refractivity contribution in [3.05, 3.63) is 35.6 Å². The van der Waals surface area contributed by atoms with Gasteiger partial charge in [0, 0.05) is 19.7 Å². The number of carbonyl (C=O) groups is 1. The van der Waals surface area contributed by atoms with Gasteiger partial charge in [0.1, 0.15) is 5.82 Å². The molecule has 1 aliphatic heterocycles. The minimum absolute atomic E-state index is 0.0631. The summed E-state index contributed by atoms with van der Waals surface area (Å²) < 4.78 is 18.9. The molecule has 1 unspecified atom stereocenters. The maximum atomic E-state index is 13.1. The van der Waals surface area contributed by atoms with Gasteiger partial charge in [0.2, 0.25) is 5.91 Å². The van der Waals surface area contributed by atoms with Crippen LogP contribution >= 0.6 is 0 Å². The maximum Gasteiger partial charge on any atom is 0.227 e. The second-order valence-corrected chi connectivity index (χ2v) is 5.83. The van der Waals surface area contributed by atoms with Crippen molar-refractivity contribution >= 4 is 5.91 Å². The fourth-order valence-corrected chi connectivity index (χ4v) is 2.58. The van der Waals surface area contributed by atoms with E-state index in [0.717, 1.165) is 31.1 Å². The van der Waals surface area contributed by atoms with Crippen molar-refractivity contribution in [3.63, 3.8) is 0 Å². The first-order chi connectivity index (χ1) is 9.70. The Morgan fingerprint density at radius 3 is 2.95 bits per heavy atom. The van der Waals surface area contributed by atoms with Gasteiger partial charge in [-0.15, -0.1) is 0 Å². The van der Waals surface area contributed by atoms with Gasteiger partial charge in [0.25, 0.3) is 0 Å². The Hall–Kier alpha value is -1.42. The molecule has 1 heterocycles. The van der Waals surface area contributed by atoms with Crippen molar-refractivity contribution in [1.82, 2.24) is 4.90 Å². The molecule has 1 saturated heterocycles. The van der Waals surface area contributed by atoms with Gasteiger partial charge in [-0.3, -0.25) is 4.79 Å². The molecule has 0 bridgehead atoms. The minimum atomic E-state index is -0.289. The fraction of sp³-hybridized carbons (Fsp3) is 0.562. The molecule has 4 heteroatoms. The zero-order chi connectivity index (χ0) is 13.9. The standard InChI is InChI=1S/C16H20FNO2/c17-14-3-1-2-13(8-14)9-16(19)18-7-6-15(10-18)20-11-12-4-5-12/h1-3,8,12,15H,4-7,9-11H2. The van der Waals surface area contributed by atoms with E-state index in [9.17, 15) is 9.18 Å². The van der Waals surface area contributed by atoms with E-state index in [-0.39, 0.29) is 24.2 Å². The Balaban J connectivity index is 1.47. The van der Waals surface area contributed by atoms with Crippen molar-refractivity contribution in [2.45, 2.75) is 31.8 Å². The van der Waals surface area contributed by atoms with E-state index in [1.54, 1.807) is 12.1 Å². The third-order valence-corrected chi connectivity index (χ3v) is 4.01. The van der Waals surface area contributed by atoms with Crippen LogP contribution in [0.4, 0.5) is 4.39 Å². The van der Waals surface area contributed by atoms with Crippen LogP contribution in [0.5, 0.6) is 0 Å². The first-order valence-corrected chi connectivity index (χ1v) is 7.34. The van der Waals surface area contributed by atoms with Crippen LogP contribution in [0.25, 0.3) is 0 Å². The Morgan fingerprint density at radius 1 is 1.35 bits per heavy atom. The van der Waals surface area contributed by atoms with Gasteiger partial charge >= 0.3 is 0 Å². The van der Waals surface area contributed by atoms with Gasteiger partial charge in [-0.1, -0.05) is 12.1 Å². The summed E-state index contributed by atoms with van der Waals surface area (Å²) in [6.07, 6.45) is 3.95. The van der Waals surface area contributed by atoms with Gasteiger partial charge in [0.15, 0.2) is 0 Å². The average Bonchev–Trinajstić information content (AvgIpc) is 3.13. The third-order valence-electron chi connectivity index (χ3n) is 4.01.